The third kappa shape index (κ3) is 11.0. The van der Waals surface area contributed by atoms with E-state index >= 15 is 0 Å². The van der Waals surface area contributed by atoms with Crippen LogP contribution in [0.5, 0.6) is 0 Å². The van der Waals surface area contributed by atoms with Gasteiger partial charge in [0.25, 0.3) is 0 Å². The molecule has 0 saturated heterocycles. The molecule has 4 aromatic carbocycles. The Hall–Kier alpha value is -1.51. The van der Waals surface area contributed by atoms with Crippen molar-refractivity contribution in [2.75, 3.05) is 12.3 Å². The summed E-state index contributed by atoms with van der Waals surface area (Å²) in [6, 6.07) is 43.0. The van der Waals surface area contributed by atoms with E-state index in [0.717, 1.165) is 12.3 Å². The molecule has 0 N–H and O–H groups in total. The van der Waals surface area contributed by atoms with Crippen molar-refractivity contribution in [3.63, 3.8) is 0 Å². The van der Waals surface area contributed by atoms with Gasteiger partial charge in [0.1, 0.15) is 0 Å². The third-order valence-electron chi connectivity index (χ3n) is 5.19. The van der Waals surface area contributed by atoms with Crippen LogP contribution in [-0.4, -0.2) is 12.3 Å². The predicted octanol–water partition coefficient (Wildman–Crippen LogP) is 7.45. The van der Waals surface area contributed by atoms with Gasteiger partial charge in [0.05, 0.1) is 49.4 Å². The van der Waals surface area contributed by atoms with Crippen LogP contribution >= 0.6 is 34.7 Å². The molecule has 5 heteroatoms. The van der Waals surface area contributed by atoms with Crippen LogP contribution in [-0.2, 0) is 16.5 Å². The fourth-order valence-corrected chi connectivity index (χ4v) is 8.22. The Balaban J connectivity index is 0.000000222. The maximum atomic E-state index is 4.88. The molecule has 0 spiro atoms. The molecule has 35 heavy (non-hydrogen) atoms. The Morgan fingerprint density at radius 1 is 0.486 bits per heavy atom. The van der Waals surface area contributed by atoms with Gasteiger partial charge in [-0.1, -0.05) is 98.1 Å². The number of benzene rings is 4. The van der Waals surface area contributed by atoms with E-state index in [1.165, 1.54) is 21.2 Å². The molecule has 0 aliphatic rings. The van der Waals surface area contributed by atoms with Crippen LogP contribution in [0.25, 0.3) is 0 Å². The van der Waals surface area contributed by atoms with Gasteiger partial charge in [0, 0.05) is 0 Å². The molecule has 184 valence electrons. The molecule has 0 aromatic heterocycles. The van der Waals surface area contributed by atoms with Crippen molar-refractivity contribution in [2.24, 2.45) is 0 Å². The van der Waals surface area contributed by atoms with Crippen molar-refractivity contribution in [1.82, 2.24) is 0 Å². The maximum absolute atomic E-state index is 4.88. The first-order valence-corrected chi connectivity index (χ1v) is 20.3. The molecule has 0 bridgehead atoms. The van der Waals surface area contributed by atoms with Gasteiger partial charge < -0.3 is 0 Å². The standard InChI is InChI=1S/2C15H15P.2ClH.Pt/c2*1-2-13-16(14-9-5-3-6-10-14)15-11-7-4-8-12-15;;;/h2*2-12H,1,13H2;2*1H;/q;;;;+2. The molecule has 0 unspecified atom stereocenters. The van der Waals surface area contributed by atoms with Gasteiger partial charge in [0.15, 0.2) is 0 Å². The van der Waals surface area contributed by atoms with Gasteiger partial charge >= 0.3 is 35.3 Å². The van der Waals surface area contributed by atoms with Gasteiger partial charge in [-0.2, -0.15) is 0 Å². The van der Waals surface area contributed by atoms with Crippen molar-refractivity contribution in [2.45, 2.75) is 0 Å². The second-order valence-corrected chi connectivity index (χ2v) is 15.8. The molecule has 0 saturated carbocycles. The first-order valence-electron chi connectivity index (χ1n) is 11.2. The van der Waals surface area contributed by atoms with Gasteiger partial charge in [-0.3, -0.25) is 0 Å². The van der Waals surface area contributed by atoms with Crippen LogP contribution in [0.2, 0.25) is 0 Å². The van der Waals surface area contributed by atoms with E-state index in [2.05, 4.69) is 134 Å². The topological polar surface area (TPSA) is 0 Å². The van der Waals surface area contributed by atoms with Gasteiger partial charge in [-0.05, 0) is 48.5 Å². The van der Waals surface area contributed by atoms with E-state index in [1.807, 2.05) is 12.2 Å². The molecule has 4 rings (SSSR count). The molecule has 0 radical (unpaired) electrons. The fourth-order valence-electron chi connectivity index (χ4n) is 3.65. The van der Waals surface area contributed by atoms with Crippen LogP contribution in [0.4, 0.5) is 0 Å². The van der Waals surface area contributed by atoms with Crippen LogP contribution < -0.4 is 21.2 Å². The zero-order valence-electron chi connectivity index (χ0n) is 19.6. The van der Waals surface area contributed by atoms with Crippen molar-refractivity contribution in [1.29, 1.82) is 0 Å². The summed E-state index contributed by atoms with van der Waals surface area (Å²) in [7, 11) is 8.41. The van der Waals surface area contributed by atoms with E-state index in [0.29, 0.717) is 0 Å². The molecule has 0 atom stereocenters. The zero-order valence-corrected chi connectivity index (χ0v) is 25.4. The first kappa shape index (κ1) is 29.7. The Bertz CT molecular complexity index is 910. The minimum atomic E-state index is -0.669. The average Bonchev–Trinajstić information content (AvgIpc) is 2.93. The Morgan fingerprint density at radius 3 is 0.857 bits per heavy atom. The molecule has 0 fully saturated rings. The number of rotatable bonds is 8. The number of halogens is 2. The summed E-state index contributed by atoms with van der Waals surface area (Å²) in [5.74, 6) is 0. The third-order valence-corrected chi connectivity index (χ3v) is 10.7. The van der Waals surface area contributed by atoms with Crippen LogP contribution in [0.15, 0.2) is 147 Å². The fraction of sp³-hybridized carbons (Fsp3) is 0.0667. The Kier molecular flexibility index (Phi) is 15.9. The molecular weight excluding hydrogens is 688 g/mol. The summed E-state index contributed by atoms with van der Waals surface area (Å²) in [4.78, 5) is 0. The van der Waals surface area contributed by atoms with Crippen molar-refractivity contribution >= 4 is 55.9 Å². The minimum absolute atomic E-state index is 0.472. The van der Waals surface area contributed by atoms with E-state index in [1.54, 1.807) is 0 Å². The normalized spacial score (nSPS) is 10.1. The average molecular weight is 721 g/mol. The summed E-state index contributed by atoms with van der Waals surface area (Å²) in [6.07, 6.45) is 6.24. The van der Waals surface area contributed by atoms with Gasteiger partial charge in [-0.15, -0.1) is 0 Å². The first-order chi connectivity index (χ1) is 17.2. The monoisotopic (exact) mass is 719 g/mol. The Morgan fingerprint density at radius 2 is 0.686 bits per heavy atom. The molecule has 0 heterocycles. The van der Waals surface area contributed by atoms with Crippen molar-refractivity contribution < 1.29 is 16.5 Å². The predicted molar refractivity (Wildman–Crippen MR) is 163 cm³/mol. The van der Waals surface area contributed by atoms with Gasteiger partial charge in [0.2, 0.25) is 0 Å². The summed E-state index contributed by atoms with van der Waals surface area (Å²) in [5, 5.41) is 5.83. The molecule has 0 aliphatic carbocycles. The summed E-state index contributed by atoms with van der Waals surface area (Å²) in [5.41, 5.74) is 0. The van der Waals surface area contributed by atoms with E-state index in [4.69, 9.17) is 18.8 Å². The van der Waals surface area contributed by atoms with E-state index in [-0.39, 0.29) is 0 Å². The second-order valence-electron chi connectivity index (χ2n) is 7.45. The molecular formula is C30H32Cl2P2Pt+2. The Labute approximate surface area is 230 Å². The summed E-state index contributed by atoms with van der Waals surface area (Å²) < 4.78 is 0. The molecule has 0 nitrogen and oxygen atoms in total. The molecule has 0 aliphatic heterocycles. The second kappa shape index (κ2) is 18.7. The van der Waals surface area contributed by atoms with Crippen LogP contribution in [0.3, 0.4) is 0 Å². The SMILES string of the molecule is C=CC[PH+](c1ccccc1)c1ccccc1.C=CC[PH+](c1ccccc1)c1ccccc1.[Cl][Pt][Cl]. The van der Waals surface area contributed by atoms with Crippen molar-refractivity contribution in [3.8, 4) is 0 Å². The number of hydrogen-bond acceptors (Lipinski definition) is 0. The van der Waals surface area contributed by atoms with Crippen molar-refractivity contribution in [3.05, 3.63) is 147 Å². The van der Waals surface area contributed by atoms with Gasteiger partial charge in [-0.25, -0.2) is 0 Å². The van der Waals surface area contributed by atoms with E-state index in [9.17, 15) is 0 Å². The van der Waals surface area contributed by atoms with E-state index < -0.39 is 32.3 Å². The summed E-state index contributed by atoms with van der Waals surface area (Å²) in [6.45, 7) is 7.75. The van der Waals surface area contributed by atoms with Crippen LogP contribution in [0.1, 0.15) is 0 Å². The van der Waals surface area contributed by atoms with Crippen LogP contribution in [0, 0.1) is 0 Å². The summed E-state index contributed by atoms with van der Waals surface area (Å²) >= 11 is -0.472. The molecule has 0 amide bonds. The quantitative estimate of drug-likeness (QED) is 0.131. The molecule has 4 aromatic rings. The zero-order chi connectivity index (χ0) is 25.1. The number of allylic oxidation sites excluding steroid dienone is 2. The number of hydrogen-bond donors (Lipinski definition) is 0.